The van der Waals surface area contributed by atoms with E-state index in [0.717, 1.165) is 37.0 Å². The number of benzene rings is 2. The maximum atomic E-state index is 13.3. The number of hydrogen-bond donors (Lipinski definition) is 1. The first-order valence-electron chi connectivity index (χ1n) is 12.5. The highest BCUT2D eigenvalue weighted by atomic mass is 32.2. The minimum absolute atomic E-state index is 0.0499. The number of amides is 1. The summed E-state index contributed by atoms with van der Waals surface area (Å²) in [5.74, 6) is -0.364. The van der Waals surface area contributed by atoms with Crippen molar-refractivity contribution < 1.29 is 13.2 Å². The zero-order valence-electron chi connectivity index (χ0n) is 20.7. The molecule has 4 rings (SSSR count). The number of carbonyl (C=O) groups is 1. The Hall–Kier alpha value is -2.68. The van der Waals surface area contributed by atoms with E-state index in [-0.39, 0.29) is 18.4 Å². The van der Waals surface area contributed by atoms with E-state index in [0.29, 0.717) is 30.8 Å². The van der Waals surface area contributed by atoms with Crippen molar-refractivity contribution in [1.29, 1.82) is 0 Å². The second-order valence-electron chi connectivity index (χ2n) is 9.39. The number of piperidine rings is 1. The molecule has 1 unspecified atom stereocenters. The first-order valence-corrected chi connectivity index (χ1v) is 13.9. The van der Waals surface area contributed by atoms with Crippen molar-refractivity contribution >= 4 is 26.8 Å². The number of rotatable bonds is 10. The Morgan fingerprint density at radius 3 is 2.71 bits per heavy atom. The molecule has 0 bridgehead atoms. The quantitative estimate of drug-likeness (QED) is 0.435. The molecule has 7 nitrogen and oxygen atoms in total. The van der Waals surface area contributed by atoms with Crippen LogP contribution in [-0.4, -0.2) is 61.3 Å². The van der Waals surface area contributed by atoms with Crippen LogP contribution < -0.4 is 5.32 Å². The van der Waals surface area contributed by atoms with Gasteiger partial charge in [0.2, 0.25) is 15.9 Å². The van der Waals surface area contributed by atoms with Crippen molar-refractivity contribution in [2.45, 2.75) is 44.2 Å². The Morgan fingerprint density at radius 1 is 1.14 bits per heavy atom. The maximum absolute atomic E-state index is 13.3. The van der Waals surface area contributed by atoms with Crippen molar-refractivity contribution in [3.63, 3.8) is 0 Å². The van der Waals surface area contributed by atoms with Gasteiger partial charge in [-0.1, -0.05) is 30.3 Å². The average Bonchev–Trinajstić information content (AvgIpc) is 3.29. The van der Waals surface area contributed by atoms with Crippen LogP contribution >= 0.6 is 0 Å². The van der Waals surface area contributed by atoms with Crippen molar-refractivity contribution in [1.82, 2.24) is 19.1 Å². The number of aromatic nitrogens is 1. The van der Waals surface area contributed by atoms with Gasteiger partial charge in [-0.15, -0.1) is 0 Å². The predicted octanol–water partition coefficient (Wildman–Crippen LogP) is 3.70. The number of hydrogen-bond acceptors (Lipinski definition) is 4. The van der Waals surface area contributed by atoms with Crippen LogP contribution in [0.3, 0.4) is 0 Å². The highest BCUT2D eigenvalue weighted by Gasteiger charge is 2.33. The van der Waals surface area contributed by atoms with Gasteiger partial charge in [0.1, 0.15) is 0 Å². The molecule has 1 fully saturated rings. The molecule has 0 aliphatic carbocycles. The molecule has 8 heteroatoms. The van der Waals surface area contributed by atoms with Crippen LogP contribution in [0.2, 0.25) is 0 Å². The van der Waals surface area contributed by atoms with E-state index >= 15 is 0 Å². The molecule has 0 spiro atoms. The molecular weight excluding hydrogens is 460 g/mol. The van der Waals surface area contributed by atoms with Gasteiger partial charge in [0, 0.05) is 49.8 Å². The molecule has 2 aromatic carbocycles. The highest BCUT2D eigenvalue weighted by Crippen LogP contribution is 2.27. The molecule has 188 valence electrons. The Bertz CT molecular complexity index is 1240. The highest BCUT2D eigenvalue weighted by molar-refractivity contribution is 7.89. The summed E-state index contributed by atoms with van der Waals surface area (Å²) in [6.45, 7) is 5.92. The smallest absolute Gasteiger partial charge is 0.243 e. The van der Waals surface area contributed by atoms with Gasteiger partial charge in [0.05, 0.1) is 10.8 Å². The maximum Gasteiger partial charge on any atom is 0.243 e. The fourth-order valence-electron chi connectivity index (χ4n) is 4.82. The van der Waals surface area contributed by atoms with Crippen molar-refractivity contribution in [2.24, 2.45) is 5.92 Å². The Morgan fingerprint density at radius 2 is 1.94 bits per heavy atom. The van der Waals surface area contributed by atoms with E-state index < -0.39 is 10.0 Å². The molecule has 1 aromatic heterocycles. The SMILES string of the molecule is CCn1ccc2cc(S(=O)(=O)N3CCCC(C(=O)NCCCN(C)Cc4ccccc4)C3)ccc21. The van der Waals surface area contributed by atoms with Gasteiger partial charge >= 0.3 is 0 Å². The minimum atomic E-state index is -3.65. The van der Waals surface area contributed by atoms with E-state index in [9.17, 15) is 13.2 Å². The average molecular weight is 497 g/mol. The Labute approximate surface area is 208 Å². The topological polar surface area (TPSA) is 74.6 Å². The lowest BCUT2D eigenvalue weighted by molar-refractivity contribution is -0.126. The molecule has 3 aromatic rings. The second kappa shape index (κ2) is 11.4. The summed E-state index contributed by atoms with van der Waals surface area (Å²) in [7, 11) is -1.57. The lowest BCUT2D eigenvalue weighted by atomic mass is 9.99. The molecule has 35 heavy (non-hydrogen) atoms. The molecule has 1 N–H and O–H groups in total. The molecule has 0 radical (unpaired) electrons. The first kappa shape index (κ1) is 25.4. The minimum Gasteiger partial charge on any atom is -0.356 e. The molecule has 0 saturated carbocycles. The summed E-state index contributed by atoms with van der Waals surface area (Å²) >= 11 is 0. The summed E-state index contributed by atoms with van der Waals surface area (Å²) in [6, 6.07) is 17.6. The lowest BCUT2D eigenvalue weighted by Gasteiger charge is -2.31. The van der Waals surface area contributed by atoms with Gasteiger partial charge in [-0.05, 0) is 69.6 Å². The van der Waals surface area contributed by atoms with E-state index in [1.165, 1.54) is 9.87 Å². The van der Waals surface area contributed by atoms with Crippen LogP contribution in [0.25, 0.3) is 10.9 Å². The van der Waals surface area contributed by atoms with Crippen LogP contribution in [0.15, 0.2) is 65.7 Å². The molecular formula is C27H36N4O3S. The van der Waals surface area contributed by atoms with Crippen LogP contribution in [0.1, 0.15) is 31.7 Å². The number of sulfonamides is 1. The monoisotopic (exact) mass is 496 g/mol. The molecule has 2 heterocycles. The molecule has 1 atom stereocenters. The largest absolute Gasteiger partial charge is 0.356 e. The standard InChI is InChI=1S/C27H36N4O3S/c1-3-30-18-14-23-19-25(12-13-26(23)30)35(33,34)31-17-7-11-24(21-31)27(32)28-15-8-16-29(2)20-22-9-5-4-6-10-22/h4-6,9-10,12-14,18-19,24H,3,7-8,11,15-17,20-21H2,1-2H3,(H,28,32). The van der Waals surface area contributed by atoms with E-state index in [1.54, 1.807) is 12.1 Å². The van der Waals surface area contributed by atoms with Crippen molar-refractivity contribution in [2.75, 3.05) is 33.2 Å². The summed E-state index contributed by atoms with van der Waals surface area (Å²) in [4.78, 5) is 15.3. The molecule has 1 aliphatic heterocycles. The summed E-state index contributed by atoms with van der Waals surface area (Å²) in [5.41, 5.74) is 2.29. The number of aryl methyl sites for hydroxylation is 1. The van der Waals surface area contributed by atoms with Gasteiger partial charge in [0.15, 0.2) is 0 Å². The zero-order valence-corrected chi connectivity index (χ0v) is 21.5. The Kier molecular flexibility index (Phi) is 8.26. The normalized spacial score (nSPS) is 17.2. The van der Waals surface area contributed by atoms with Gasteiger partial charge in [0.25, 0.3) is 0 Å². The van der Waals surface area contributed by atoms with E-state index in [4.69, 9.17) is 0 Å². The van der Waals surface area contributed by atoms with Gasteiger partial charge < -0.3 is 14.8 Å². The fourth-order valence-corrected chi connectivity index (χ4v) is 6.38. The fraction of sp³-hybridized carbons (Fsp3) is 0.444. The molecule has 1 aliphatic rings. The van der Waals surface area contributed by atoms with E-state index in [2.05, 4.69) is 40.9 Å². The molecule has 1 amide bonds. The Balaban J connectivity index is 1.29. The second-order valence-corrected chi connectivity index (χ2v) is 11.3. The van der Waals surface area contributed by atoms with Crippen molar-refractivity contribution in [3.8, 4) is 0 Å². The van der Waals surface area contributed by atoms with Crippen LogP contribution in [-0.2, 0) is 27.9 Å². The number of carbonyl (C=O) groups excluding carboxylic acids is 1. The first-order chi connectivity index (χ1) is 16.9. The van der Waals surface area contributed by atoms with Crippen LogP contribution in [0.5, 0.6) is 0 Å². The third kappa shape index (κ3) is 6.12. The third-order valence-electron chi connectivity index (χ3n) is 6.79. The van der Waals surface area contributed by atoms with Gasteiger partial charge in [-0.25, -0.2) is 8.42 Å². The summed E-state index contributed by atoms with van der Waals surface area (Å²) in [6.07, 6.45) is 4.22. The third-order valence-corrected chi connectivity index (χ3v) is 8.65. The van der Waals surface area contributed by atoms with Gasteiger partial charge in [-0.3, -0.25) is 4.79 Å². The number of fused-ring (bicyclic) bond motifs is 1. The zero-order chi connectivity index (χ0) is 24.8. The summed E-state index contributed by atoms with van der Waals surface area (Å²) < 4.78 is 30.3. The lowest BCUT2D eigenvalue weighted by Crippen LogP contribution is -2.45. The summed E-state index contributed by atoms with van der Waals surface area (Å²) in [5, 5.41) is 3.94. The van der Waals surface area contributed by atoms with Crippen molar-refractivity contribution in [3.05, 3.63) is 66.4 Å². The van der Waals surface area contributed by atoms with E-state index in [1.807, 2.05) is 36.5 Å². The molecule has 1 saturated heterocycles. The van der Waals surface area contributed by atoms with Crippen LogP contribution in [0.4, 0.5) is 0 Å². The van der Waals surface area contributed by atoms with Crippen LogP contribution in [0, 0.1) is 5.92 Å². The number of nitrogens with zero attached hydrogens (tertiary/aromatic N) is 3. The van der Waals surface area contributed by atoms with Gasteiger partial charge in [-0.2, -0.15) is 4.31 Å². The predicted molar refractivity (Wildman–Crippen MR) is 139 cm³/mol. The number of nitrogens with one attached hydrogen (secondary N) is 1.